The molecule has 1 aromatic carbocycles. The highest BCUT2D eigenvalue weighted by molar-refractivity contribution is 5.14. The van der Waals surface area contributed by atoms with Crippen molar-refractivity contribution in [1.82, 2.24) is 5.32 Å². The van der Waals surface area contributed by atoms with Crippen molar-refractivity contribution in [2.75, 3.05) is 19.8 Å². The molecular formula is C15H25NO. The molecule has 0 bridgehead atoms. The highest BCUT2D eigenvalue weighted by atomic mass is 16.5. The lowest BCUT2D eigenvalue weighted by atomic mass is 10.2. The molecule has 0 aliphatic heterocycles. The zero-order valence-corrected chi connectivity index (χ0v) is 11.1. The van der Waals surface area contributed by atoms with E-state index in [1.165, 1.54) is 12.0 Å². The molecule has 0 heterocycles. The van der Waals surface area contributed by atoms with Crippen LogP contribution in [0.1, 0.15) is 32.3 Å². The van der Waals surface area contributed by atoms with E-state index in [0.29, 0.717) is 6.04 Å². The van der Waals surface area contributed by atoms with Gasteiger partial charge in [0.2, 0.25) is 0 Å². The number of hydrogen-bond acceptors (Lipinski definition) is 2. The molecule has 1 atom stereocenters. The van der Waals surface area contributed by atoms with Crippen LogP contribution < -0.4 is 5.32 Å². The molecule has 0 aliphatic rings. The summed E-state index contributed by atoms with van der Waals surface area (Å²) in [5.41, 5.74) is 1.36. The number of benzene rings is 1. The van der Waals surface area contributed by atoms with Crippen LogP contribution in [0, 0.1) is 0 Å². The molecule has 2 heteroatoms. The van der Waals surface area contributed by atoms with Crippen LogP contribution in [-0.2, 0) is 11.2 Å². The Morgan fingerprint density at radius 3 is 2.65 bits per heavy atom. The average molecular weight is 235 g/mol. The van der Waals surface area contributed by atoms with Crippen LogP contribution in [0.4, 0.5) is 0 Å². The van der Waals surface area contributed by atoms with Gasteiger partial charge in [-0.2, -0.15) is 0 Å². The van der Waals surface area contributed by atoms with E-state index in [1.807, 2.05) is 6.07 Å². The van der Waals surface area contributed by atoms with Crippen LogP contribution in [0.2, 0.25) is 0 Å². The van der Waals surface area contributed by atoms with Gasteiger partial charge in [0, 0.05) is 12.6 Å². The normalized spacial score (nSPS) is 12.6. The van der Waals surface area contributed by atoms with E-state index in [9.17, 15) is 0 Å². The van der Waals surface area contributed by atoms with Gasteiger partial charge in [0.15, 0.2) is 0 Å². The molecule has 0 aliphatic carbocycles. The minimum absolute atomic E-state index is 0.609. The summed E-state index contributed by atoms with van der Waals surface area (Å²) < 4.78 is 5.64. The van der Waals surface area contributed by atoms with Gasteiger partial charge in [-0.05, 0) is 38.3 Å². The summed E-state index contributed by atoms with van der Waals surface area (Å²) in [5, 5.41) is 3.41. The van der Waals surface area contributed by atoms with E-state index < -0.39 is 0 Å². The highest BCUT2D eigenvalue weighted by Gasteiger charge is 1.99. The first-order valence-electron chi connectivity index (χ1n) is 6.68. The van der Waals surface area contributed by atoms with Crippen molar-refractivity contribution in [3.8, 4) is 0 Å². The van der Waals surface area contributed by atoms with E-state index in [1.54, 1.807) is 0 Å². The van der Waals surface area contributed by atoms with Gasteiger partial charge in [-0.1, -0.05) is 37.3 Å². The first kappa shape index (κ1) is 14.2. The van der Waals surface area contributed by atoms with Crippen molar-refractivity contribution >= 4 is 0 Å². The maximum absolute atomic E-state index is 5.64. The lowest BCUT2D eigenvalue weighted by Gasteiger charge is -2.11. The van der Waals surface area contributed by atoms with E-state index in [2.05, 4.69) is 43.4 Å². The van der Waals surface area contributed by atoms with Gasteiger partial charge in [-0.3, -0.25) is 0 Å². The summed E-state index contributed by atoms with van der Waals surface area (Å²) in [6, 6.07) is 11.1. The zero-order valence-electron chi connectivity index (χ0n) is 11.1. The molecule has 17 heavy (non-hydrogen) atoms. The van der Waals surface area contributed by atoms with Gasteiger partial charge < -0.3 is 10.1 Å². The van der Waals surface area contributed by atoms with Gasteiger partial charge in [0.1, 0.15) is 0 Å². The molecule has 1 rings (SSSR count). The van der Waals surface area contributed by atoms with Crippen molar-refractivity contribution in [1.29, 1.82) is 0 Å². The van der Waals surface area contributed by atoms with Crippen LogP contribution in [-0.4, -0.2) is 25.8 Å². The molecule has 0 amide bonds. The predicted octanol–water partition coefficient (Wildman–Crippen LogP) is 3.02. The largest absolute Gasteiger partial charge is 0.381 e. The molecule has 0 spiro atoms. The minimum atomic E-state index is 0.609. The summed E-state index contributed by atoms with van der Waals surface area (Å²) >= 11 is 0. The second-order valence-corrected chi connectivity index (χ2v) is 4.45. The SMILES string of the molecule is CCNC(C)CCCOCCc1ccccc1. The lowest BCUT2D eigenvalue weighted by molar-refractivity contribution is 0.131. The second-order valence-electron chi connectivity index (χ2n) is 4.45. The molecular weight excluding hydrogens is 210 g/mol. The Morgan fingerprint density at radius 1 is 1.18 bits per heavy atom. The fourth-order valence-electron chi connectivity index (χ4n) is 1.88. The predicted molar refractivity (Wildman–Crippen MR) is 73.3 cm³/mol. The fourth-order valence-corrected chi connectivity index (χ4v) is 1.88. The van der Waals surface area contributed by atoms with Crippen molar-refractivity contribution in [3.63, 3.8) is 0 Å². The molecule has 0 saturated carbocycles. The van der Waals surface area contributed by atoms with Gasteiger partial charge in [0.25, 0.3) is 0 Å². The summed E-state index contributed by atoms with van der Waals surface area (Å²) in [4.78, 5) is 0. The summed E-state index contributed by atoms with van der Waals surface area (Å²) in [6.07, 6.45) is 3.35. The van der Waals surface area contributed by atoms with E-state index >= 15 is 0 Å². The average Bonchev–Trinajstić information content (AvgIpc) is 2.35. The monoisotopic (exact) mass is 235 g/mol. The molecule has 1 aromatic rings. The molecule has 96 valence electrons. The van der Waals surface area contributed by atoms with Crippen LogP contribution in [0.3, 0.4) is 0 Å². The van der Waals surface area contributed by atoms with Gasteiger partial charge in [0.05, 0.1) is 6.61 Å². The molecule has 0 fully saturated rings. The van der Waals surface area contributed by atoms with Gasteiger partial charge in [-0.25, -0.2) is 0 Å². The fraction of sp³-hybridized carbons (Fsp3) is 0.600. The molecule has 1 N–H and O–H groups in total. The third-order valence-electron chi connectivity index (χ3n) is 2.86. The third kappa shape index (κ3) is 7.14. The van der Waals surface area contributed by atoms with Gasteiger partial charge in [-0.15, -0.1) is 0 Å². The Bertz CT molecular complexity index is 274. The Hall–Kier alpha value is -0.860. The first-order valence-corrected chi connectivity index (χ1v) is 6.68. The van der Waals surface area contributed by atoms with Crippen LogP contribution in [0.5, 0.6) is 0 Å². The molecule has 2 nitrogen and oxygen atoms in total. The highest BCUT2D eigenvalue weighted by Crippen LogP contribution is 2.01. The Morgan fingerprint density at radius 2 is 1.94 bits per heavy atom. The Balaban J connectivity index is 1.95. The van der Waals surface area contributed by atoms with Crippen LogP contribution >= 0.6 is 0 Å². The van der Waals surface area contributed by atoms with Crippen molar-refractivity contribution in [3.05, 3.63) is 35.9 Å². The quantitative estimate of drug-likeness (QED) is 0.664. The van der Waals surface area contributed by atoms with E-state index in [0.717, 1.165) is 32.6 Å². The molecule has 0 radical (unpaired) electrons. The van der Waals surface area contributed by atoms with E-state index in [4.69, 9.17) is 4.74 Å². The van der Waals surface area contributed by atoms with Crippen molar-refractivity contribution < 1.29 is 4.74 Å². The topological polar surface area (TPSA) is 21.3 Å². The lowest BCUT2D eigenvalue weighted by Crippen LogP contribution is -2.25. The van der Waals surface area contributed by atoms with Crippen LogP contribution in [0.15, 0.2) is 30.3 Å². The van der Waals surface area contributed by atoms with Crippen LogP contribution in [0.25, 0.3) is 0 Å². The zero-order chi connectivity index (χ0) is 12.3. The first-order chi connectivity index (χ1) is 8.33. The van der Waals surface area contributed by atoms with Gasteiger partial charge >= 0.3 is 0 Å². The standard InChI is InChI=1S/C15H25NO/c1-3-16-14(2)8-7-12-17-13-11-15-9-5-4-6-10-15/h4-6,9-10,14,16H,3,7-8,11-13H2,1-2H3. The maximum Gasteiger partial charge on any atom is 0.0506 e. The summed E-state index contributed by atoms with van der Waals surface area (Å²) in [5.74, 6) is 0. The van der Waals surface area contributed by atoms with E-state index in [-0.39, 0.29) is 0 Å². The second kappa shape index (κ2) is 9.20. The Kier molecular flexibility index (Phi) is 7.69. The number of nitrogens with one attached hydrogen (secondary N) is 1. The summed E-state index contributed by atoms with van der Waals surface area (Å²) in [7, 11) is 0. The third-order valence-corrected chi connectivity index (χ3v) is 2.86. The smallest absolute Gasteiger partial charge is 0.0506 e. The van der Waals surface area contributed by atoms with Crippen molar-refractivity contribution in [2.24, 2.45) is 0 Å². The molecule has 1 unspecified atom stereocenters. The number of ether oxygens (including phenoxy) is 1. The Labute approximate surface area is 105 Å². The summed E-state index contributed by atoms with van der Waals surface area (Å²) in [6.45, 7) is 7.14. The molecule has 0 saturated heterocycles. The number of rotatable bonds is 9. The minimum Gasteiger partial charge on any atom is -0.381 e. The number of hydrogen-bond donors (Lipinski definition) is 1. The maximum atomic E-state index is 5.64. The molecule has 0 aromatic heterocycles. The van der Waals surface area contributed by atoms with Crippen molar-refractivity contribution in [2.45, 2.75) is 39.2 Å².